The molecule has 0 aliphatic rings. The first-order valence-corrected chi connectivity index (χ1v) is 9.40. The highest BCUT2D eigenvalue weighted by Crippen LogP contribution is 2.17. The number of hydrogen-bond donors (Lipinski definition) is 2. The number of thioether (sulfide) groups is 1. The molecule has 1 atom stereocenters. The number of anilines is 1. The molecule has 2 rings (SSSR count). The van der Waals surface area contributed by atoms with Crippen molar-refractivity contribution in [3.63, 3.8) is 0 Å². The smallest absolute Gasteiger partial charge is 0.234 e. The average Bonchev–Trinajstić information content (AvgIpc) is 2.55. The lowest BCUT2D eigenvalue weighted by molar-refractivity contribution is -0.119. The summed E-state index contributed by atoms with van der Waals surface area (Å²) in [6.45, 7) is 5.97. The van der Waals surface area contributed by atoms with Gasteiger partial charge in [0.15, 0.2) is 0 Å². The largest absolute Gasteiger partial charge is 0.349 e. The number of rotatable bonds is 7. The van der Waals surface area contributed by atoms with Gasteiger partial charge in [-0.05, 0) is 49.6 Å². The fourth-order valence-corrected chi connectivity index (χ4v) is 3.22. The van der Waals surface area contributed by atoms with Crippen LogP contribution in [0.5, 0.6) is 0 Å². The Morgan fingerprint density at radius 1 is 1.00 bits per heavy atom. The summed E-state index contributed by atoms with van der Waals surface area (Å²) in [7, 11) is 0. The predicted molar refractivity (Wildman–Crippen MR) is 105 cm³/mol. The summed E-state index contributed by atoms with van der Waals surface area (Å²) in [6, 6.07) is 15.6. The molecule has 25 heavy (non-hydrogen) atoms. The second kappa shape index (κ2) is 9.28. The Kier molecular flexibility index (Phi) is 7.07. The third kappa shape index (κ3) is 6.27. The molecule has 0 radical (unpaired) electrons. The van der Waals surface area contributed by atoms with E-state index < -0.39 is 0 Å². The zero-order valence-corrected chi connectivity index (χ0v) is 15.7. The van der Waals surface area contributed by atoms with Crippen molar-refractivity contribution < 1.29 is 9.59 Å². The highest BCUT2D eigenvalue weighted by atomic mass is 32.2. The van der Waals surface area contributed by atoms with Gasteiger partial charge in [0.05, 0.1) is 17.5 Å². The van der Waals surface area contributed by atoms with Crippen LogP contribution in [-0.2, 0) is 9.59 Å². The molecule has 5 heteroatoms. The molecule has 0 aliphatic heterocycles. The number of hydrogen-bond acceptors (Lipinski definition) is 3. The van der Waals surface area contributed by atoms with Crippen molar-refractivity contribution in [3.05, 3.63) is 65.2 Å². The van der Waals surface area contributed by atoms with Gasteiger partial charge in [0, 0.05) is 5.69 Å². The number of carbonyl (C=O) groups is 2. The van der Waals surface area contributed by atoms with E-state index in [1.54, 1.807) is 0 Å². The number of amides is 2. The molecule has 0 heterocycles. The van der Waals surface area contributed by atoms with E-state index in [4.69, 9.17) is 0 Å². The number of aryl methyl sites for hydroxylation is 2. The Bertz CT molecular complexity index is 746. The lowest BCUT2D eigenvalue weighted by Gasteiger charge is -2.16. The predicted octanol–water partition coefficient (Wildman–Crippen LogP) is 3.85. The first-order valence-electron chi connectivity index (χ1n) is 8.25. The van der Waals surface area contributed by atoms with Crippen LogP contribution in [0, 0.1) is 13.8 Å². The molecule has 0 bridgehead atoms. The summed E-state index contributed by atoms with van der Waals surface area (Å²) in [6.07, 6.45) is 0. The summed E-state index contributed by atoms with van der Waals surface area (Å²) >= 11 is 1.31. The van der Waals surface area contributed by atoms with Gasteiger partial charge >= 0.3 is 0 Å². The van der Waals surface area contributed by atoms with E-state index in [-0.39, 0.29) is 29.4 Å². The summed E-state index contributed by atoms with van der Waals surface area (Å²) in [5.74, 6) is 0.344. The van der Waals surface area contributed by atoms with E-state index in [1.807, 2.05) is 69.3 Å². The van der Waals surface area contributed by atoms with Crippen molar-refractivity contribution in [2.45, 2.75) is 26.8 Å². The maximum absolute atomic E-state index is 12.1. The molecule has 2 aromatic carbocycles. The van der Waals surface area contributed by atoms with Crippen LogP contribution >= 0.6 is 11.8 Å². The Morgan fingerprint density at radius 3 is 2.44 bits per heavy atom. The fraction of sp³-hybridized carbons (Fsp3) is 0.300. The van der Waals surface area contributed by atoms with Gasteiger partial charge in [-0.1, -0.05) is 36.4 Å². The SMILES string of the molecule is Cc1cccc(NC(=O)CSCC(=O)NC(C)c2ccccc2C)c1. The van der Waals surface area contributed by atoms with Crippen LogP contribution in [0.1, 0.15) is 29.7 Å². The van der Waals surface area contributed by atoms with E-state index in [9.17, 15) is 9.59 Å². The molecule has 2 aromatic rings. The van der Waals surface area contributed by atoms with Crippen molar-refractivity contribution in [1.29, 1.82) is 0 Å². The molecule has 2 amide bonds. The highest BCUT2D eigenvalue weighted by molar-refractivity contribution is 8.00. The average molecular weight is 356 g/mol. The van der Waals surface area contributed by atoms with Crippen molar-refractivity contribution >= 4 is 29.3 Å². The molecular formula is C20H24N2O2S. The van der Waals surface area contributed by atoms with Crippen molar-refractivity contribution in [2.75, 3.05) is 16.8 Å². The number of benzene rings is 2. The molecule has 0 fully saturated rings. The molecule has 1 unspecified atom stereocenters. The third-order valence-electron chi connectivity index (χ3n) is 3.80. The lowest BCUT2D eigenvalue weighted by Crippen LogP contribution is -2.29. The molecule has 0 spiro atoms. The van der Waals surface area contributed by atoms with E-state index in [2.05, 4.69) is 10.6 Å². The van der Waals surface area contributed by atoms with E-state index in [0.717, 1.165) is 22.4 Å². The van der Waals surface area contributed by atoms with Gasteiger partial charge in [-0.25, -0.2) is 0 Å². The molecule has 0 saturated carbocycles. The maximum atomic E-state index is 12.1. The van der Waals surface area contributed by atoms with Crippen molar-refractivity contribution in [3.8, 4) is 0 Å². The van der Waals surface area contributed by atoms with Crippen LogP contribution < -0.4 is 10.6 Å². The zero-order valence-electron chi connectivity index (χ0n) is 14.8. The second-order valence-corrected chi connectivity index (χ2v) is 7.04. The minimum absolute atomic E-state index is 0.0459. The molecule has 0 saturated heterocycles. The second-order valence-electron chi connectivity index (χ2n) is 6.06. The molecule has 2 N–H and O–H groups in total. The van der Waals surface area contributed by atoms with Gasteiger partial charge < -0.3 is 10.6 Å². The van der Waals surface area contributed by atoms with Crippen LogP contribution in [-0.4, -0.2) is 23.3 Å². The van der Waals surface area contributed by atoms with E-state index in [0.29, 0.717) is 0 Å². The first-order chi connectivity index (χ1) is 12.0. The van der Waals surface area contributed by atoms with Crippen LogP contribution in [0.15, 0.2) is 48.5 Å². The molecule has 4 nitrogen and oxygen atoms in total. The highest BCUT2D eigenvalue weighted by Gasteiger charge is 2.12. The maximum Gasteiger partial charge on any atom is 0.234 e. The van der Waals surface area contributed by atoms with Gasteiger partial charge in [-0.3, -0.25) is 9.59 Å². The van der Waals surface area contributed by atoms with Gasteiger partial charge in [0.1, 0.15) is 0 Å². The summed E-state index contributed by atoms with van der Waals surface area (Å²) in [4.78, 5) is 24.0. The fourth-order valence-electron chi connectivity index (χ4n) is 2.59. The lowest BCUT2D eigenvalue weighted by atomic mass is 10.0. The monoisotopic (exact) mass is 356 g/mol. The third-order valence-corrected chi connectivity index (χ3v) is 4.73. The van der Waals surface area contributed by atoms with Gasteiger partial charge in [0.25, 0.3) is 0 Å². The normalized spacial score (nSPS) is 11.6. The first kappa shape index (κ1) is 19.1. The van der Waals surface area contributed by atoms with E-state index in [1.165, 1.54) is 11.8 Å². The minimum atomic E-state index is -0.102. The molecular weight excluding hydrogens is 332 g/mol. The van der Waals surface area contributed by atoms with Gasteiger partial charge in [-0.2, -0.15) is 0 Å². The van der Waals surface area contributed by atoms with Gasteiger partial charge in [-0.15, -0.1) is 11.8 Å². The van der Waals surface area contributed by atoms with Crippen LogP contribution in [0.3, 0.4) is 0 Å². The Morgan fingerprint density at radius 2 is 1.72 bits per heavy atom. The standard InChI is InChI=1S/C20H24N2O2S/c1-14-7-6-9-17(11-14)22-20(24)13-25-12-19(23)21-16(3)18-10-5-4-8-15(18)2/h4-11,16H,12-13H2,1-3H3,(H,21,23)(H,22,24). The number of nitrogens with one attached hydrogen (secondary N) is 2. The molecule has 0 aromatic heterocycles. The number of carbonyl (C=O) groups excluding carboxylic acids is 2. The van der Waals surface area contributed by atoms with Crippen LogP contribution in [0.2, 0.25) is 0 Å². The molecule has 0 aliphatic carbocycles. The summed E-state index contributed by atoms with van der Waals surface area (Å²) in [5.41, 5.74) is 4.14. The quantitative estimate of drug-likeness (QED) is 0.792. The molecule has 132 valence electrons. The summed E-state index contributed by atoms with van der Waals surface area (Å²) < 4.78 is 0. The Hall–Kier alpha value is -2.27. The van der Waals surface area contributed by atoms with Gasteiger partial charge in [0.2, 0.25) is 11.8 Å². The Labute approximate surface area is 153 Å². The summed E-state index contributed by atoms with van der Waals surface area (Å²) in [5, 5.41) is 5.82. The zero-order chi connectivity index (χ0) is 18.2. The topological polar surface area (TPSA) is 58.2 Å². The van der Waals surface area contributed by atoms with Crippen LogP contribution in [0.4, 0.5) is 5.69 Å². The minimum Gasteiger partial charge on any atom is -0.349 e. The van der Waals surface area contributed by atoms with Crippen LogP contribution in [0.25, 0.3) is 0 Å². The Balaban J connectivity index is 1.73. The van der Waals surface area contributed by atoms with E-state index >= 15 is 0 Å². The van der Waals surface area contributed by atoms with Crippen molar-refractivity contribution in [2.24, 2.45) is 0 Å². The van der Waals surface area contributed by atoms with Crippen molar-refractivity contribution in [1.82, 2.24) is 5.32 Å².